The predicted octanol–water partition coefficient (Wildman–Crippen LogP) is 1.99. The Kier molecular flexibility index (Phi) is 4.43. The van der Waals surface area contributed by atoms with Crippen molar-refractivity contribution in [3.05, 3.63) is 30.1 Å². The molecular weight excluding hydrogens is 271 g/mol. The highest BCUT2D eigenvalue weighted by Crippen LogP contribution is 2.29. The van der Waals surface area contributed by atoms with E-state index in [0.717, 1.165) is 18.4 Å². The number of aromatic nitrogens is 2. The summed E-state index contributed by atoms with van der Waals surface area (Å²) in [5, 5.41) is 7.23. The first-order valence-corrected chi connectivity index (χ1v) is 6.67. The van der Waals surface area contributed by atoms with Gasteiger partial charge in [-0.25, -0.2) is 8.91 Å². The first-order chi connectivity index (χ1) is 10.2. The van der Waals surface area contributed by atoms with Gasteiger partial charge < -0.3 is 11.1 Å². The van der Waals surface area contributed by atoms with Gasteiger partial charge in [-0.2, -0.15) is 5.10 Å². The molecule has 3 rings (SSSR count). The normalized spacial score (nSPS) is 20.7. The van der Waals surface area contributed by atoms with Crippen LogP contribution >= 0.6 is 0 Å². The van der Waals surface area contributed by atoms with Crippen LogP contribution in [0.15, 0.2) is 24.5 Å². The molecule has 1 amide bonds. The molecule has 1 saturated carbocycles. The predicted molar refractivity (Wildman–Crippen MR) is 79.8 cm³/mol. The van der Waals surface area contributed by atoms with E-state index in [1.807, 2.05) is 12.1 Å². The van der Waals surface area contributed by atoms with Gasteiger partial charge in [-0.15, -0.1) is 12.8 Å². The van der Waals surface area contributed by atoms with Crippen LogP contribution in [0.4, 0.5) is 10.1 Å². The maximum Gasteiger partial charge on any atom is 0.252 e. The molecule has 0 unspecified atom stereocenters. The first-order valence-electron chi connectivity index (χ1n) is 6.67. The van der Waals surface area contributed by atoms with Crippen LogP contribution in [0, 0.1) is 12.8 Å². The number of nitrogens with zero attached hydrogens (tertiary/aromatic N) is 2. The second-order valence-corrected chi connectivity index (χ2v) is 4.83. The van der Waals surface area contributed by atoms with Gasteiger partial charge in [0.2, 0.25) is 0 Å². The number of alkyl halides is 1. The van der Waals surface area contributed by atoms with Crippen molar-refractivity contribution in [2.24, 2.45) is 5.73 Å². The minimum absolute atomic E-state index is 0.265. The van der Waals surface area contributed by atoms with Crippen molar-refractivity contribution < 1.29 is 9.18 Å². The fourth-order valence-electron chi connectivity index (χ4n) is 2.59. The van der Waals surface area contributed by atoms with E-state index >= 15 is 0 Å². The molecule has 2 heterocycles. The molecule has 3 N–H and O–H groups in total. The highest BCUT2D eigenvalue weighted by atomic mass is 19.1. The molecule has 2 atom stereocenters. The van der Waals surface area contributed by atoms with Crippen LogP contribution in [0.3, 0.4) is 0 Å². The van der Waals surface area contributed by atoms with Gasteiger partial charge in [-0.3, -0.25) is 4.79 Å². The van der Waals surface area contributed by atoms with E-state index in [9.17, 15) is 9.18 Å². The van der Waals surface area contributed by atoms with E-state index in [1.54, 1.807) is 10.7 Å². The third-order valence-corrected chi connectivity index (χ3v) is 3.59. The molecule has 2 aromatic rings. The Bertz CT molecular complexity index is 664. The number of carbonyl (C=O) groups is 1. The Balaban J connectivity index is 0.000000774. The average Bonchev–Trinajstić information content (AvgIpc) is 3.10. The van der Waals surface area contributed by atoms with Crippen LogP contribution in [0.1, 0.15) is 29.6 Å². The zero-order chi connectivity index (χ0) is 15.4. The number of hydrogen-bond donors (Lipinski definition) is 2. The summed E-state index contributed by atoms with van der Waals surface area (Å²) >= 11 is 0. The lowest BCUT2D eigenvalue weighted by Crippen LogP contribution is -2.27. The van der Waals surface area contributed by atoms with Crippen LogP contribution in [-0.2, 0) is 0 Å². The largest absolute Gasteiger partial charge is 0.377 e. The summed E-state index contributed by atoms with van der Waals surface area (Å²) in [6.45, 7) is 0. The summed E-state index contributed by atoms with van der Waals surface area (Å²) in [6.07, 6.45) is 12.5. The van der Waals surface area contributed by atoms with Crippen LogP contribution in [0.2, 0.25) is 0 Å². The van der Waals surface area contributed by atoms with Crippen molar-refractivity contribution in [1.82, 2.24) is 9.61 Å². The van der Waals surface area contributed by atoms with E-state index in [-0.39, 0.29) is 6.04 Å². The van der Waals surface area contributed by atoms with Gasteiger partial charge >= 0.3 is 0 Å². The topological polar surface area (TPSA) is 72.4 Å². The van der Waals surface area contributed by atoms with Gasteiger partial charge in [0.15, 0.2) is 0 Å². The van der Waals surface area contributed by atoms with Crippen molar-refractivity contribution in [3.8, 4) is 12.8 Å². The molecular formula is C15H17FN4O. The minimum Gasteiger partial charge on any atom is -0.377 e. The lowest BCUT2D eigenvalue weighted by molar-refractivity contribution is 0.100. The number of primary amides is 1. The van der Waals surface area contributed by atoms with Crippen molar-refractivity contribution in [1.29, 1.82) is 0 Å². The zero-order valence-electron chi connectivity index (χ0n) is 11.5. The fourth-order valence-corrected chi connectivity index (χ4v) is 2.59. The number of amides is 1. The van der Waals surface area contributed by atoms with Gasteiger partial charge in [-0.05, 0) is 31.4 Å². The molecule has 21 heavy (non-hydrogen) atoms. The van der Waals surface area contributed by atoms with Crippen molar-refractivity contribution in [2.75, 3.05) is 5.32 Å². The van der Waals surface area contributed by atoms with Crippen LogP contribution in [-0.4, -0.2) is 27.7 Å². The zero-order valence-corrected chi connectivity index (χ0v) is 11.5. The van der Waals surface area contributed by atoms with E-state index in [4.69, 9.17) is 5.73 Å². The van der Waals surface area contributed by atoms with Gasteiger partial charge in [0, 0.05) is 6.20 Å². The number of hydrogen-bond acceptors (Lipinski definition) is 3. The standard InChI is InChI=1S/C13H15FN4O.C2H2/c14-9-3-1-4-10(9)17-12-8(13(15)19)7-16-18-6-2-5-11(12)18;1-2/h2,5-7,9-10,17H,1,3-4H2,(H2,15,19);1-2H/t9-,10+;/m0./s1. The first kappa shape index (κ1) is 14.9. The van der Waals surface area contributed by atoms with Gasteiger partial charge in [-0.1, -0.05) is 0 Å². The molecule has 0 radical (unpaired) electrons. The number of nitrogens with one attached hydrogen (secondary N) is 1. The van der Waals surface area contributed by atoms with Gasteiger partial charge in [0.1, 0.15) is 6.17 Å². The Morgan fingerprint density at radius 1 is 1.48 bits per heavy atom. The maximum atomic E-state index is 13.7. The second kappa shape index (κ2) is 6.27. The van der Waals surface area contributed by atoms with E-state index < -0.39 is 12.1 Å². The summed E-state index contributed by atoms with van der Waals surface area (Å²) in [6, 6.07) is 3.38. The Morgan fingerprint density at radius 3 is 2.86 bits per heavy atom. The Hall–Kier alpha value is -2.55. The summed E-state index contributed by atoms with van der Waals surface area (Å²) in [4.78, 5) is 11.5. The fraction of sp³-hybridized carbons (Fsp3) is 0.333. The lowest BCUT2D eigenvalue weighted by atomic mass is 10.1. The van der Waals surface area contributed by atoms with E-state index in [2.05, 4.69) is 23.3 Å². The lowest BCUT2D eigenvalue weighted by Gasteiger charge is -2.19. The molecule has 0 bridgehead atoms. The Labute approximate surface area is 122 Å². The highest BCUT2D eigenvalue weighted by Gasteiger charge is 2.28. The number of nitrogens with two attached hydrogens (primary N) is 1. The number of fused-ring (bicyclic) bond motifs is 1. The number of terminal acetylenes is 1. The van der Waals surface area contributed by atoms with Crippen molar-refractivity contribution in [3.63, 3.8) is 0 Å². The number of carbonyl (C=O) groups excluding carboxylic acids is 1. The minimum atomic E-state index is -0.885. The average molecular weight is 288 g/mol. The third-order valence-electron chi connectivity index (χ3n) is 3.59. The van der Waals surface area contributed by atoms with Crippen molar-refractivity contribution >= 4 is 17.1 Å². The highest BCUT2D eigenvalue weighted by molar-refractivity contribution is 6.01. The summed E-state index contributed by atoms with van der Waals surface area (Å²) in [5.74, 6) is -0.563. The summed E-state index contributed by atoms with van der Waals surface area (Å²) < 4.78 is 15.4. The summed E-state index contributed by atoms with van der Waals surface area (Å²) in [5.41, 5.74) is 6.96. The number of anilines is 1. The molecule has 0 aromatic carbocycles. The van der Waals surface area contributed by atoms with E-state index in [1.165, 1.54) is 6.20 Å². The monoisotopic (exact) mass is 288 g/mol. The van der Waals surface area contributed by atoms with Crippen molar-refractivity contribution in [2.45, 2.75) is 31.5 Å². The molecule has 0 saturated heterocycles. The molecule has 1 fully saturated rings. The quantitative estimate of drug-likeness (QED) is 0.848. The molecule has 0 aliphatic heterocycles. The molecule has 1 aliphatic carbocycles. The molecule has 2 aromatic heterocycles. The molecule has 5 nitrogen and oxygen atoms in total. The molecule has 0 spiro atoms. The number of halogens is 1. The van der Waals surface area contributed by atoms with Crippen LogP contribution in [0.25, 0.3) is 5.52 Å². The van der Waals surface area contributed by atoms with Crippen LogP contribution in [0.5, 0.6) is 0 Å². The number of rotatable bonds is 3. The SMILES string of the molecule is C#C.NC(=O)c1cnn2cccc2c1N[C@@H]1CCC[C@@H]1F. The Morgan fingerprint density at radius 2 is 2.24 bits per heavy atom. The molecule has 1 aliphatic rings. The smallest absolute Gasteiger partial charge is 0.252 e. The maximum absolute atomic E-state index is 13.7. The molecule has 6 heteroatoms. The van der Waals surface area contributed by atoms with E-state index in [0.29, 0.717) is 17.7 Å². The van der Waals surface area contributed by atoms with Gasteiger partial charge in [0.05, 0.1) is 29.0 Å². The van der Waals surface area contributed by atoms with Gasteiger partial charge in [0.25, 0.3) is 5.91 Å². The summed E-state index contributed by atoms with van der Waals surface area (Å²) in [7, 11) is 0. The second-order valence-electron chi connectivity index (χ2n) is 4.83. The molecule has 110 valence electrons. The third kappa shape index (κ3) is 2.82. The van der Waals surface area contributed by atoms with Crippen LogP contribution < -0.4 is 11.1 Å².